The number of carbonyl (C=O) groups excluding carboxylic acids is 1. The average Bonchev–Trinajstić information content (AvgIpc) is 3.05. The van der Waals surface area contributed by atoms with Gasteiger partial charge in [-0.05, 0) is 36.8 Å². The van der Waals surface area contributed by atoms with Gasteiger partial charge in [-0.2, -0.15) is 0 Å². The summed E-state index contributed by atoms with van der Waals surface area (Å²) in [7, 11) is 1.40. The smallest absolute Gasteiger partial charge is 0.311 e. The Balaban J connectivity index is 1.67. The van der Waals surface area contributed by atoms with Crippen LogP contribution in [0.2, 0.25) is 0 Å². The lowest BCUT2D eigenvalue weighted by molar-refractivity contribution is -0.385. The predicted molar refractivity (Wildman–Crippen MR) is 104 cm³/mol. The van der Waals surface area contributed by atoms with Crippen molar-refractivity contribution >= 4 is 27.9 Å². The topological polar surface area (TPSA) is 93.5 Å². The minimum atomic E-state index is -0.503. The first-order valence-corrected chi connectivity index (χ1v) is 9.87. The van der Waals surface area contributed by atoms with Crippen molar-refractivity contribution in [1.82, 2.24) is 5.32 Å². The molecule has 27 heavy (non-hydrogen) atoms. The number of rotatable bonds is 4. The van der Waals surface area contributed by atoms with E-state index in [2.05, 4.69) is 17.6 Å². The van der Waals surface area contributed by atoms with Crippen LogP contribution in [0.25, 0.3) is 0 Å². The SMILES string of the molecule is CC[C@@H]1CCc2c(sc3c2C(=O)N[C@@H](c2ccc(OC)c([N+](=O)[O-])c2)N3)C1. The molecule has 2 heterocycles. The van der Waals surface area contributed by atoms with Gasteiger partial charge in [-0.3, -0.25) is 14.9 Å². The van der Waals surface area contributed by atoms with Crippen LogP contribution in [0.1, 0.15) is 52.3 Å². The fourth-order valence-electron chi connectivity index (χ4n) is 3.91. The van der Waals surface area contributed by atoms with Crippen molar-refractivity contribution in [2.75, 3.05) is 12.4 Å². The van der Waals surface area contributed by atoms with E-state index in [1.54, 1.807) is 23.5 Å². The first kappa shape index (κ1) is 17.8. The molecular weight excluding hydrogens is 366 g/mol. The standard InChI is InChI=1S/C19H21N3O4S/c1-3-10-4-6-12-15(8-10)27-19-16(12)18(23)20-17(21-19)11-5-7-14(26-2)13(9-11)22(24)25/h5,7,9-10,17,21H,3-4,6,8H2,1-2H3,(H,20,23)/t10-,17-/m1/s1. The summed E-state index contributed by atoms with van der Waals surface area (Å²) < 4.78 is 5.05. The van der Waals surface area contributed by atoms with Crippen LogP contribution in [0.4, 0.5) is 10.7 Å². The van der Waals surface area contributed by atoms with E-state index >= 15 is 0 Å². The van der Waals surface area contributed by atoms with E-state index in [0.717, 1.165) is 36.2 Å². The normalized spacial score (nSPS) is 20.9. The van der Waals surface area contributed by atoms with E-state index in [4.69, 9.17) is 4.74 Å². The Hall–Kier alpha value is -2.61. The molecule has 0 radical (unpaired) electrons. The Morgan fingerprint density at radius 3 is 2.89 bits per heavy atom. The number of amides is 1. The molecule has 2 atom stereocenters. The van der Waals surface area contributed by atoms with Crippen LogP contribution in [0, 0.1) is 16.0 Å². The minimum Gasteiger partial charge on any atom is -0.490 e. The maximum atomic E-state index is 12.8. The number of hydrogen-bond acceptors (Lipinski definition) is 6. The number of nitrogens with one attached hydrogen (secondary N) is 2. The fraction of sp³-hybridized carbons (Fsp3) is 0.421. The van der Waals surface area contributed by atoms with Gasteiger partial charge in [0.05, 0.1) is 17.6 Å². The molecule has 0 saturated carbocycles. The van der Waals surface area contributed by atoms with E-state index < -0.39 is 11.1 Å². The van der Waals surface area contributed by atoms with Crippen LogP contribution < -0.4 is 15.4 Å². The van der Waals surface area contributed by atoms with Gasteiger partial charge in [0, 0.05) is 16.5 Å². The highest BCUT2D eigenvalue weighted by atomic mass is 32.1. The van der Waals surface area contributed by atoms with Crippen LogP contribution in [-0.4, -0.2) is 17.9 Å². The predicted octanol–water partition coefficient (Wildman–Crippen LogP) is 4.03. The molecule has 4 rings (SSSR count). The van der Waals surface area contributed by atoms with Crippen molar-refractivity contribution in [2.45, 2.75) is 38.8 Å². The van der Waals surface area contributed by atoms with Gasteiger partial charge in [0.15, 0.2) is 5.75 Å². The van der Waals surface area contributed by atoms with Gasteiger partial charge in [0.25, 0.3) is 5.91 Å². The van der Waals surface area contributed by atoms with Crippen molar-refractivity contribution < 1.29 is 14.5 Å². The zero-order valence-corrected chi connectivity index (χ0v) is 16.0. The second kappa shape index (κ2) is 6.84. The number of anilines is 1. The molecule has 1 aliphatic heterocycles. The van der Waals surface area contributed by atoms with Crippen LogP contribution in [0.15, 0.2) is 18.2 Å². The van der Waals surface area contributed by atoms with Crippen molar-refractivity contribution in [3.8, 4) is 5.75 Å². The molecule has 142 valence electrons. The second-order valence-electron chi connectivity index (χ2n) is 6.96. The fourth-order valence-corrected chi connectivity index (χ4v) is 5.30. The third kappa shape index (κ3) is 3.03. The number of nitrogens with zero attached hydrogens (tertiary/aromatic N) is 1. The number of fused-ring (bicyclic) bond motifs is 3. The highest BCUT2D eigenvalue weighted by Crippen LogP contribution is 2.43. The lowest BCUT2D eigenvalue weighted by Gasteiger charge is -2.27. The van der Waals surface area contributed by atoms with Crippen molar-refractivity contribution in [1.29, 1.82) is 0 Å². The summed E-state index contributed by atoms with van der Waals surface area (Å²) in [5.74, 6) is 0.768. The van der Waals surface area contributed by atoms with Gasteiger partial charge in [0.1, 0.15) is 11.2 Å². The molecule has 2 N–H and O–H groups in total. The van der Waals surface area contributed by atoms with Gasteiger partial charge >= 0.3 is 5.69 Å². The molecule has 0 saturated heterocycles. The van der Waals surface area contributed by atoms with Gasteiger partial charge in [-0.25, -0.2) is 0 Å². The van der Waals surface area contributed by atoms with E-state index in [0.29, 0.717) is 11.5 Å². The molecule has 0 bridgehead atoms. The molecule has 1 aromatic carbocycles. The van der Waals surface area contributed by atoms with E-state index in [1.807, 2.05) is 0 Å². The molecule has 1 amide bonds. The Morgan fingerprint density at radius 1 is 1.37 bits per heavy atom. The number of nitro benzene ring substituents is 1. The van der Waals surface area contributed by atoms with Crippen LogP contribution >= 0.6 is 11.3 Å². The van der Waals surface area contributed by atoms with Gasteiger partial charge in [0.2, 0.25) is 0 Å². The molecule has 2 aliphatic rings. The number of ether oxygens (including phenoxy) is 1. The first-order valence-electron chi connectivity index (χ1n) is 9.06. The van der Waals surface area contributed by atoms with Gasteiger partial charge in [-0.1, -0.05) is 19.4 Å². The summed E-state index contributed by atoms with van der Waals surface area (Å²) >= 11 is 1.65. The maximum Gasteiger partial charge on any atom is 0.311 e. The van der Waals surface area contributed by atoms with E-state index in [9.17, 15) is 14.9 Å². The quantitative estimate of drug-likeness (QED) is 0.610. The second-order valence-corrected chi connectivity index (χ2v) is 8.07. The lowest BCUT2D eigenvalue weighted by Crippen LogP contribution is -2.38. The maximum absolute atomic E-state index is 12.8. The summed E-state index contributed by atoms with van der Waals surface area (Å²) in [6, 6.07) is 4.74. The molecule has 1 aromatic heterocycles. The summed E-state index contributed by atoms with van der Waals surface area (Å²) in [4.78, 5) is 24.9. The van der Waals surface area contributed by atoms with Crippen molar-refractivity contribution in [3.63, 3.8) is 0 Å². The van der Waals surface area contributed by atoms with E-state index in [1.165, 1.54) is 23.6 Å². The van der Waals surface area contributed by atoms with Crippen molar-refractivity contribution in [2.24, 2.45) is 5.92 Å². The Bertz CT molecular complexity index is 924. The Labute approximate surface area is 160 Å². The zero-order valence-electron chi connectivity index (χ0n) is 15.2. The number of methoxy groups -OCH3 is 1. The average molecular weight is 387 g/mol. The number of thiophene rings is 1. The minimum absolute atomic E-state index is 0.111. The number of benzene rings is 1. The summed E-state index contributed by atoms with van der Waals surface area (Å²) in [5, 5.41) is 18.5. The summed E-state index contributed by atoms with van der Waals surface area (Å²) in [6.45, 7) is 2.21. The van der Waals surface area contributed by atoms with Crippen LogP contribution in [0.5, 0.6) is 5.75 Å². The molecule has 2 aromatic rings. The van der Waals surface area contributed by atoms with E-state index in [-0.39, 0.29) is 17.3 Å². The lowest BCUT2D eigenvalue weighted by atomic mass is 9.85. The van der Waals surface area contributed by atoms with Gasteiger partial charge < -0.3 is 15.4 Å². The monoisotopic (exact) mass is 387 g/mol. The number of carbonyl (C=O) groups is 1. The molecule has 1 aliphatic carbocycles. The number of hydrogen-bond donors (Lipinski definition) is 2. The summed E-state index contributed by atoms with van der Waals surface area (Å²) in [6.07, 6.45) is 3.73. The third-order valence-electron chi connectivity index (χ3n) is 5.46. The molecule has 0 unspecified atom stereocenters. The Kier molecular flexibility index (Phi) is 4.51. The molecule has 8 heteroatoms. The highest BCUT2D eigenvalue weighted by Gasteiger charge is 2.34. The first-order chi connectivity index (χ1) is 13.0. The number of nitro groups is 1. The van der Waals surface area contributed by atoms with Crippen LogP contribution in [0.3, 0.4) is 0 Å². The molecule has 0 fully saturated rings. The summed E-state index contributed by atoms with van der Waals surface area (Å²) in [5.41, 5.74) is 2.43. The Morgan fingerprint density at radius 2 is 2.19 bits per heavy atom. The largest absolute Gasteiger partial charge is 0.490 e. The highest BCUT2D eigenvalue weighted by molar-refractivity contribution is 7.16. The third-order valence-corrected chi connectivity index (χ3v) is 6.64. The molecule has 7 nitrogen and oxygen atoms in total. The molecule has 0 spiro atoms. The zero-order chi connectivity index (χ0) is 19.1. The van der Waals surface area contributed by atoms with Gasteiger partial charge in [-0.15, -0.1) is 11.3 Å². The van der Waals surface area contributed by atoms with Crippen molar-refractivity contribution in [3.05, 3.63) is 49.9 Å². The van der Waals surface area contributed by atoms with Crippen LogP contribution in [-0.2, 0) is 12.8 Å². The molecular formula is C19H21N3O4S.